The fourth-order valence-corrected chi connectivity index (χ4v) is 4.10. The van der Waals surface area contributed by atoms with E-state index >= 15 is 0 Å². The Morgan fingerprint density at radius 2 is 2.00 bits per heavy atom. The zero-order chi connectivity index (χ0) is 23.4. The Kier molecular flexibility index (Phi) is 7.48. The van der Waals surface area contributed by atoms with Gasteiger partial charge in [0, 0.05) is 28.4 Å². The van der Waals surface area contributed by atoms with Crippen LogP contribution in [0.15, 0.2) is 65.2 Å². The van der Waals surface area contributed by atoms with Crippen molar-refractivity contribution in [2.45, 2.75) is 27.2 Å². The van der Waals surface area contributed by atoms with Crippen LogP contribution >= 0.6 is 23.2 Å². The van der Waals surface area contributed by atoms with Gasteiger partial charge in [-0.3, -0.25) is 4.79 Å². The number of rotatable bonds is 7. The second-order valence-corrected chi connectivity index (χ2v) is 8.30. The number of allylic oxidation sites excluding steroid dienone is 3. The van der Waals surface area contributed by atoms with Crippen LogP contribution in [0.1, 0.15) is 31.5 Å². The smallest absolute Gasteiger partial charge is 0.250 e. The number of carbonyl (C=O) groups is 1. The summed E-state index contributed by atoms with van der Waals surface area (Å²) < 4.78 is 7.41. The van der Waals surface area contributed by atoms with Crippen molar-refractivity contribution in [3.63, 3.8) is 0 Å². The van der Waals surface area contributed by atoms with Gasteiger partial charge in [0.25, 0.3) is 0 Å². The molecule has 8 heteroatoms. The number of nitrogens with zero attached hydrogens (tertiary/aromatic N) is 2. The van der Waals surface area contributed by atoms with Crippen molar-refractivity contribution in [2.75, 3.05) is 13.7 Å². The molecule has 1 amide bonds. The molecule has 0 unspecified atom stereocenters. The average Bonchev–Trinajstić information content (AvgIpc) is 3.15. The summed E-state index contributed by atoms with van der Waals surface area (Å²) in [4.78, 5) is 11.7. The Labute approximate surface area is 198 Å². The maximum atomic E-state index is 11.7. The summed E-state index contributed by atoms with van der Waals surface area (Å²) in [5.74, 6) is 0.236. The average molecular weight is 473 g/mol. The maximum Gasteiger partial charge on any atom is 0.250 e. The van der Waals surface area contributed by atoms with Crippen LogP contribution in [0.2, 0.25) is 10.0 Å². The Hall–Kier alpha value is -2.96. The number of hydrogen-bond acceptors (Lipinski definition) is 4. The van der Waals surface area contributed by atoms with Crippen molar-refractivity contribution in [1.82, 2.24) is 15.1 Å². The number of primary amides is 1. The lowest BCUT2D eigenvalue weighted by Crippen LogP contribution is -2.23. The van der Waals surface area contributed by atoms with E-state index in [2.05, 4.69) is 23.4 Å². The summed E-state index contributed by atoms with van der Waals surface area (Å²) in [6.45, 7) is 6.53. The van der Waals surface area contributed by atoms with E-state index in [0.717, 1.165) is 45.8 Å². The molecule has 3 rings (SSSR count). The lowest BCUT2D eigenvalue weighted by molar-refractivity contribution is -0.114. The lowest BCUT2D eigenvalue weighted by atomic mass is 9.95. The molecule has 6 nitrogen and oxygen atoms in total. The van der Waals surface area contributed by atoms with E-state index in [0.29, 0.717) is 22.2 Å². The molecule has 0 spiro atoms. The molecule has 2 heterocycles. The topological polar surface area (TPSA) is 82.2 Å². The number of aryl methyl sites for hydroxylation is 1. The van der Waals surface area contributed by atoms with Crippen LogP contribution in [0.4, 0.5) is 0 Å². The third-order valence-electron chi connectivity index (χ3n) is 5.24. The normalized spacial score (nSPS) is 14.9. The molecule has 0 radical (unpaired) electrons. The van der Waals surface area contributed by atoms with Crippen LogP contribution in [0, 0.1) is 6.92 Å². The van der Waals surface area contributed by atoms with Crippen molar-refractivity contribution in [3.05, 3.63) is 86.5 Å². The van der Waals surface area contributed by atoms with Gasteiger partial charge in [-0.05, 0) is 67.3 Å². The van der Waals surface area contributed by atoms with E-state index in [1.54, 1.807) is 25.5 Å². The van der Waals surface area contributed by atoms with E-state index in [-0.39, 0.29) is 0 Å². The van der Waals surface area contributed by atoms with Gasteiger partial charge in [-0.25, -0.2) is 4.68 Å². The van der Waals surface area contributed by atoms with Crippen LogP contribution < -0.4 is 11.1 Å². The largest absolute Gasteiger partial charge is 0.501 e. The highest BCUT2D eigenvalue weighted by atomic mass is 35.5. The number of methoxy groups -OCH3 is 1. The monoisotopic (exact) mass is 472 g/mol. The van der Waals surface area contributed by atoms with Crippen molar-refractivity contribution >= 4 is 34.7 Å². The van der Waals surface area contributed by atoms with Gasteiger partial charge in [0.05, 0.1) is 36.0 Å². The number of nitrogens with one attached hydrogen (secondary N) is 1. The molecule has 32 heavy (non-hydrogen) atoms. The molecule has 2 aromatic rings. The first-order chi connectivity index (χ1) is 15.2. The second kappa shape index (κ2) is 10.1. The summed E-state index contributed by atoms with van der Waals surface area (Å²) in [7, 11) is 1.62. The van der Waals surface area contributed by atoms with Gasteiger partial charge >= 0.3 is 0 Å². The van der Waals surface area contributed by atoms with Crippen molar-refractivity contribution in [2.24, 2.45) is 5.73 Å². The molecule has 0 saturated carbocycles. The molecule has 0 saturated heterocycles. The summed E-state index contributed by atoms with van der Waals surface area (Å²) in [5, 5.41) is 8.76. The first kappa shape index (κ1) is 23.7. The number of benzene rings is 1. The number of aromatic nitrogens is 2. The number of ether oxygens (including phenoxy) is 1. The van der Waals surface area contributed by atoms with Crippen molar-refractivity contribution in [3.8, 4) is 5.69 Å². The van der Waals surface area contributed by atoms with E-state index in [4.69, 9.17) is 33.7 Å². The van der Waals surface area contributed by atoms with Crippen LogP contribution in [-0.2, 0) is 9.53 Å². The third kappa shape index (κ3) is 5.09. The Bertz CT molecular complexity index is 1150. The minimum Gasteiger partial charge on any atom is -0.501 e. The van der Waals surface area contributed by atoms with Gasteiger partial charge in [0.1, 0.15) is 0 Å². The number of halogens is 2. The lowest BCUT2D eigenvalue weighted by Gasteiger charge is -2.19. The molecule has 0 bridgehead atoms. The molecule has 0 aliphatic carbocycles. The van der Waals surface area contributed by atoms with Crippen LogP contribution in [0.3, 0.4) is 0 Å². The highest BCUT2D eigenvalue weighted by Crippen LogP contribution is 2.31. The number of dihydropyridines is 1. The summed E-state index contributed by atoms with van der Waals surface area (Å²) in [5.41, 5.74) is 11.4. The van der Waals surface area contributed by atoms with E-state index < -0.39 is 5.91 Å². The molecule has 0 atom stereocenters. The van der Waals surface area contributed by atoms with Gasteiger partial charge in [-0.15, -0.1) is 0 Å². The summed E-state index contributed by atoms with van der Waals surface area (Å²) in [6, 6.07) is 5.34. The molecule has 0 fully saturated rings. The second-order valence-electron chi connectivity index (χ2n) is 7.43. The highest BCUT2D eigenvalue weighted by Gasteiger charge is 2.18. The third-order valence-corrected chi connectivity index (χ3v) is 5.68. The van der Waals surface area contributed by atoms with Gasteiger partial charge < -0.3 is 15.8 Å². The minimum atomic E-state index is -0.490. The molecule has 1 aromatic heterocycles. The van der Waals surface area contributed by atoms with Gasteiger partial charge in [-0.2, -0.15) is 5.10 Å². The maximum absolute atomic E-state index is 11.7. The van der Waals surface area contributed by atoms with Gasteiger partial charge in [-0.1, -0.05) is 30.1 Å². The van der Waals surface area contributed by atoms with Crippen LogP contribution in [0.5, 0.6) is 0 Å². The first-order valence-corrected chi connectivity index (χ1v) is 10.9. The molecule has 168 valence electrons. The van der Waals surface area contributed by atoms with Gasteiger partial charge in [0.15, 0.2) is 0 Å². The molecule has 1 aliphatic rings. The fourth-order valence-electron chi connectivity index (χ4n) is 3.59. The Morgan fingerprint density at radius 3 is 2.59 bits per heavy atom. The van der Waals surface area contributed by atoms with Crippen LogP contribution in [0.25, 0.3) is 11.3 Å². The number of hydrogen-bond donors (Lipinski definition) is 2. The predicted molar refractivity (Wildman–Crippen MR) is 130 cm³/mol. The van der Waals surface area contributed by atoms with Crippen molar-refractivity contribution in [1.29, 1.82) is 0 Å². The fraction of sp³-hybridized carbons (Fsp3) is 0.250. The quantitative estimate of drug-likeness (QED) is 0.433. The van der Waals surface area contributed by atoms with Gasteiger partial charge in [0.2, 0.25) is 5.91 Å². The number of nitrogens with two attached hydrogens (primary N) is 1. The molecular weight excluding hydrogens is 447 g/mol. The van der Waals surface area contributed by atoms with Crippen molar-refractivity contribution < 1.29 is 9.53 Å². The SMILES string of the molecule is CC/C(=C\C(C1=CC(C(N)=O)=CNC1)=C(/C)OC)c1c(C)cnn1-c1cc(Cl)cc(Cl)c1. The summed E-state index contributed by atoms with van der Waals surface area (Å²) in [6.07, 6.45) is 8.04. The van der Waals surface area contributed by atoms with E-state index in [9.17, 15) is 4.79 Å². The van der Waals surface area contributed by atoms with E-state index in [1.807, 2.05) is 36.9 Å². The number of carbonyl (C=O) groups excluding carboxylic acids is 1. The zero-order valence-electron chi connectivity index (χ0n) is 18.5. The molecular formula is C24H26Cl2N4O2. The zero-order valence-corrected chi connectivity index (χ0v) is 20.0. The number of amides is 1. The molecule has 3 N–H and O–H groups in total. The van der Waals surface area contributed by atoms with Crippen LogP contribution in [-0.4, -0.2) is 29.3 Å². The standard InChI is InChI=1S/C24H26Cl2N4O2/c1-5-16(7-22(15(3)32-4)17-6-18(24(27)31)13-28-12-17)23-14(2)11-29-30(23)21-9-19(25)8-20(26)10-21/h6-11,13,28H,5,12H2,1-4H3,(H2,27,31)/b16-7+,22-15-. The minimum absolute atomic E-state index is 0.411. The first-order valence-electron chi connectivity index (χ1n) is 10.2. The summed E-state index contributed by atoms with van der Waals surface area (Å²) >= 11 is 12.5. The Balaban J connectivity index is 2.17. The molecule has 1 aromatic carbocycles. The van der Waals surface area contributed by atoms with E-state index in [1.165, 1.54) is 0 Å². The Morgan fingerprint density at radius 1 is 1.31 bits per heavy atom. The predicted octanol–water partition coefficient (Wildman–Crippen LogP) is 5.10. The molecule has 1 aliphatic heterocycles. The highest BCUT2D eigenvalue weighted by molar-refractivity contribution is 6.34.